The van der Waals surface area contributed by atoms with Gasteiger partial charge in [0.25, 0.3) is 5.91 Å². The number of anilines is 2. The van der Waals surface area contributed by atoms with Crippen molar-refractivity contribution in [1.82, 2.24) is 9.78 Å². The second kappa shape index (κ2) is 5.53. The van der Waals surface area contributed by atoms with Gasteiger partial charge in [-0.15, -0.1) is 0 Å². The van der Waals surface area contributed by atoms with E-state index in [4.69, 9.17) is 5.84 Å². The van der Waals surface area contributed by atoms with Gasteiger partial charge in [-0.2, -0.15) is 5.10 Å². The fraction of sp³-hybridized carbons (Fsp3) is 0.231. The number of nitrogen functional groups attached to an aromatic ring is 1. The molecule has 0 bridgehead atoms. The molecule has 0 saturated heterocycles. The van der Waals surface area contributed by atoms with Crippen LogP contribution in [0, 0.1) is 0 Å². The van der Waals surface area contributed by atoms with Crippen molar-refractivity contribution < 1.29 is 4.79 Å². The van der Waals surface area contributed by atoms with Crippen LogP contribution in [0.15, 0.2) is 36.7 Å². The zero-order chi connectivity index (χ0) is 13.8. The Hall–Kier alpha value is -2.34. The number of nitrogens with one attached hydrogen (secondary N) is 2. The lowest BCUT2D eigenvalue weighted by Gasteiger charge is -2.08. The lowest BCUT2D eigenvalue weighted by atomic mass is 10.1. The van der Waals surface area contributed by atoms with Crippen LogP contribution >= 0.6 is 0 Å². The number of amides is 1. The molecule has 1 aromatic carbocycles. The Bertz CT molecular complexity index is 576. The average Bonchev–Trinajstić information content (AvgIpc) is 2.87. The maximum atomic E-state index is 12.1. The van der Waals surface area contributed by atoms with E-state index >= 15 is 0 Å². The molecule has 0 unspecified atom stereocenters. The molecule has 6 nitrogen and oxygen atoms in total. The topological polar surface area (TPSA) is 85.0 Å². The van der Waals surface area contributed by atoms with Gasteiger partial charge in [0, 0.05) is 12.2 Å². The van der Waals surface area contributed by atoms with Crippen LogP contribution in [0.3, 0.4) is 0 Å². The van der Waals surface area contributed by atoms with Crippen LogP contribution in [0.5, 0.6) is 0 Å². The monoisotopic (exact) mass is 259 g/mol. The Morgan fingerprint density at radius 2 is 2.11 bits per heavy atom. The van der Waals surface area contributed by atoms with E-state index < -0.39 is 0 Å². The minimum Gasteiger partial charge on any atom is -0.323 e. The smallest absolute Gasteiger partial charge is 0.257 e. The number of para-hydroxylation sites is 1. The number of carbonyl (C=O) groups excluding carboxylic acids is 1. The van der Waals surface area contributed by atoms with Crippen LogP contribution < -0.4 is 16.6 Å². The summed E-state index contributed by atoms with van der Waals surface area (Å²) >= 11 is 0. The summed E-state index contributed by atoms with van der Waals surface area (Å²) in [6.07, 6.45) is 3.41. The summed E-state index contributed by atoms with van der Waals surface area (Å²) in [5, 5.41) is 6.96. The van der Waals surface area contributed by atoms with E-state index in [2.05, 4.69) is 15.8 Å². The van der Waals surface area contributed by atoms with Crippen LogP contribution in [0.25, 0.3) is 0 Å². The van der Waals surface area contributed by atoms with E-state index in [9.17, 15) is 4.79 Å². The molecule has 2 aromatic rings. The van der Waals surface area contributed by atoms with Crippen molar-refractivity contribution in [2.75, 3.05) is 10.7 Å². The molecule has 0 fully saturated rings. The van der Waals surface area contributed by atoms with Gasteiger partial charge < -0.3 is 10.7 Å². The first-order valence-electron chi connectivity index (χ1n) is 6.03. The number of hydrazine groups is 1. The summed E-state index contributed by atoms with van der Waals surface area (Å²) in [5.41, 5.74) is 4.23. The van der Waals surface area contributed by atoms with Crippen LogP contribution in [0.2, 0.25) is 0 Å². The van der Waals surface area contributed by atoms with Gasteiger partial charge in [0.05, 0.1) is 23.1 Å². The summed E-state index contributed by atoms with van der Waals surface area (Å²) < 4.78 is 1.78. The third-order valence-corrected chi connectivity index (χ3v) is 2.72. The van der Waals surface area contributed by atoms with Gasteiger partial charge in [-0.05, 0) is 26.0 Å². The molecule has 0 atom stereocenters. The number of rotatable bonds is 4. The van der Waals surface area contributed by atoms with Gasteiger partial charge in [0.1, 0.15) is 0 Å². The molecule has 6 heteroatoms. The molecule has 1 heterocycles. The van der Waals surface area contributed by atoms with Gasteiger partial charge in [-0.25, -0.2) is 0 Å². The Morgan fingerprint density at radius 1 is 1.37 bits per heavy atom. The minimum absolute atomic E-state index is 0.225. The van der Waals surface area contributed by atoms with Crippen molar-refractivity contribution in [1.29, 1.82) is 0 Å². The number of carbonyl (C=O) groups is 1. The molecule has 0 saturated carbocycles. The average molecular weight is 259 g/mol. The van der Waals surface area contributed by atoms with Crippen molar-refractivity contribution in [2.24, 2.45) is 5.84 Å². The fourth-order valence-corrected chi connectivity index (χ4v) is 1.69. The van der Waals surface area contributed by atoms with Crippen LogP contribution in [-0.2, 0) is 0 Å². The number of benzene rings is 1. The molecule has 19 heavy (non-hydrogen) atoms. The molecule has 100 valence electrons. The van der Waals surface area contributed by atoms with Crippen LogP contribution in [0.1, 0.15) is 30.2 Å². The van der Waals surface area contributed by atoms with Gasteiger partial charge in [0.2, 0.25) is 0 Å². The van der Waals surface area contributed by atoms with Crippen molar-refractivity contribution in [3.63, 3.8) is 0 Å². The second-order valence-corrected chi connectivity index (χ2v) is 4.45. The maximum absolute atomic E-state index is 12.1. The minimum atomic E-state index is -0.225. The van der Waals surface area contributed by atoms with Gasteiger partial charge >= 0.3 is 0 Å². The van der Waals surface area contributed by atoms with E-state index in [0.29, 0.717) is 16.9 Å². The highest BCUT2D eigenvalue weighted by Gasteiger charge is 2.11. The standard InChI is InChI=1S/C13H17N5O/c1-9(2)18-8-10(7-15-18)16-13(19)11-5-3-4-6-12(11)17-14/h3-9,17H,14H2,1-2H3,(H,16,19). The zero-order valence-electron chi connectivity index (χ0n) is 10.9. The first-order chi connectivity index (χ1) is 9.11. The largest absolute Gasteiger partial charge is 0.323 e. The molecule has 1 aromatic heterocycles. The lowest BCUT2D eigenvalue weighted by Crippen LogP contribution is -2.16. The van der Waals surface area contributed by atoms with E-state index in [0.717, 1.165) is 0 Å². The van der Waals surface area contributed by atoms with E-state index in [1.54, 1.807) is 35.3 Å². The molecule has 0 aliphatic carbocycles. The highest BCUT2D eigenvalue weighted by atomic mass is 16.1. The Labute approximate surface area is 111 Å². The fourth-order valence-electron chi connectivity index (χ4n) is 1.69. The number of nitrogens with zero attached hydrogens (tertiary/aromatic N) is 2. The molecule has 4 N–H and O–H groups in total. The highest BCUT2D eigenvalue weighted by molar-refractivity contribution is 6.07. The molecule has 1 amide bonds. The number of hydrogen-bond acceptors (Lipinski definition) is 4. The first kappa shape index (κ1) is 13.1. The van der Waals surface area contributed by atoms with Crippen molar-refractivity contribution >= 4 is 17.3 Å². The summed E-state index contributed by atoms with van der Waals surface area (Å²) in [5.74, 6) is 5.15. The normalized spacial score (nSPS) is 10.5. The highest BCUT2D eigenvalue weighted by Crippen LogP contribution is 2.16. The number of aromatic nitrogens is 2. The third-order valence-electron chi connectivity index (χ3n) is 2.72. The summed E-state index contributed by atoms with van der Waals surface area (Å²) in [4.78, 5) is 12.1. The Kier molecular flexibility index (Phi) is 3.82. The van der Waals surface area contributed by atoms with Gasteiger partial charge in [0.15, 0.2) is 0 Å². The van der Waals surface area contributed by atoms with Crippen LogP contribution in [-0.4, -0.2) is 15.7 Å². The molecule has 0 aliphatic heterocycles. The zero-order valence-corrected chi connectivity index (χ0v) is 10.9. The Morgan fingerprint density at radius 3 is 2.74 bits per heavy atom. The summed E-state index contributed by atoms with van der Waals surface area (Å²) in [7, 11) is 0. The number of hydrogen-bond donors (Lipinski definition) is 3. The summed E-state index contributed by atoms with van der Waals surface area (Å²) in [6, 6.07) is 7.29. The second-order valence-electron chi connectivity index (χ2n) is 4.45. The van der Waals surface area contributed by atoms with Crippen molar-refractivity contribution in [3.8, 4) is 0 Å². The molecule has 0 spiro atoms. The number of nitrogens with two attached hydrogens (primary N) is 1. The quantitative estimate of drug-likeness (QED) is 0.579. The van der Waals surface area contributed by atoms with E-state index in [1.807, 2.05) is 19.9 Å². The van der Waals surface area contributed by atoms with Crippen molar-refractivity contribution in [2.45, 2.75) is 19.9 Å². The molecule has 0 aliphatic rings. The van der Waals surface area contributed by atoms with Crippen LogP contribution in [0.4, 0.5) is 11.4 Å². The van der Waals surface area contributed by atoms with Gasteiger partial charge in [-0.3, -0.25) is 15.3 Å². The molecule has 0 radical (unpaired) electrons. The molecule has 2 rings (SSSR count). The third kappa shape index (κ3) is 2.92. The first-order valence-corrected chi connectivity index (χ1v) is 6.03. The Balaban J connectivity index is 2.16. The van der Waals surface area contributed by atoms with E-state index in [-0.39, 0.29) is 11.9 Å². The molecular formula is C13H17N5O. The SMILES string of the molecule is CC(C)n1cc(NC(=O)c2ccccc2NN)cn1. The van der Waals surface area contributed by atoms with Gasteiger partial charge in [-0.1, -0.05) is 12.1 Å². The summed E-state index contributed by atoms with van der Waals surface area (Å²) in [6.45, 7) is 4.04. The van der Waals surface area contributed by atoms with E-state index in [1.165, 1.54) is 0 Å². The van der Waals surface area contributed by atoms with Crippen molar-refractivity contribution in [3.05, 3.63) is 42.2 Å². The lowest BCUT2D eigenvalue weighted by molar-refractivity contribution is 0.102. The predicted octanol–water partition coefficient (Wildman–Crippen LogP) is 2.00. The maximum Gasteiger partial charge on any atom is 0.257 e. The molecular weight excluding hydrogens is 242 g/mol. The predicted molar refractivity (Wildman–Crippen MR) is 74.8 cm³/mol.